The fourth-order valence-electron chi connectivity index (χ4n) is 1.26. The summed E-state index contributed by atoms with van der Waals surface area (Å²) in [5.74, 6) is -3.23. The van der Waals surface area contributed by atoms with Crippen LogP contribution in [0.15, 0.2) is 0 Å². The van der Waals surface area contributed by atoms with Crippen molar-refractivity contribution in [1.29, 1.82) is 0 Å². The van der Waals surface area contributed by atoms with E-state index < -0.39 is 35.8 Å². The zero-order chi connectivity index (χ0) is 15.0. The van der Waals surface area contributed by atoms with Gasteiger partial charge in [-0.3, -0.25) is 19.2 Å². The highest BCUT2D eigenvalue weighted by molar-refractivity contribution is 5.89. The van der Waals surface area contributed by atoms with Crippen LogP contribution in [0.1, 0.15) is 25.7 Å². The minimum atomic E-state index is -1.08. The lowest BCUT2D eigenvalue weighted by Crippen LogP contribution is -2.50. The predicted molar refractivity (Wildman–Crippen MR) is 64.4 cm³/mol. The second kappa shape index (κ2) is 8.03. The average Bonchev–Trinajstić information content (AvgIpc) is 2.30. The van der Waals surface area contributed by atoms with Gasteiger partial charge in [0.15, 0.2) is 0 Å². The van der Waals surface area contributed by atoms with Crippen LogP contribution in [0.5, 0.6) is 0 Å². The van der Waals surface area contributed by atoms with Gasteiger partial charge in [0.1, 0.15) is 6.04 Å². The highest BCUT2D eigenvalue weighted by Crippen LogP contribution is 2.00. The van der Waals surface area contributed by atoms with E-state index in [0.717, 1.165) is 0 Å². The Morgan fingerprint density at radius 3 is 2.05 bits per heavy atom. The minimum Gasteiger partial charge on any atom is -0.481 e. The standard InChI is InChI=1S/C10H18N4O5/c11-5(1-4-8(16)17)10(19)14-6(9(13)18)2-3-7(12)15/h5-6H,1-4,11H2,(H2,12,15)(H2,13,18)(H,14,19)(H,16,17). The molecule has 0 aromatic carbocycles. The molecule has 0 aliphatic rings. The van der Waals surface area contributed by atoms with Gasteiger partial charge in [0, 0.05) is 12.8 Å². The topological polar surface area (TPSA) is 179 Å². The molecule has 19 heavy (non-hydrogen) atoms. The molecule has 2 atom stereocenters. The fraction of sp³-hybridized carbons (Fsp3) is 0.600. The maximum absolute atomic E-state index is 11.6. The summed E-state index contributed by atoms with van der Waals surface area (Å²) in [6, 6.07) is -2.12. The molecule has 9 nitrogen and oxygen atoms in total. The van der Waals surface area contributed by atoms with E-state index in [9.17, 15) is 19.2 Å². The number of primary amides is 2. The zero-order valence-corrected chi connectivity index (χ0v) is 10.3. The van der Waals surface area contributed by atoms with Crippen LogP contribution < -0.4 is 22.5 Å². The van der Waals surface area contributed by atoms with E-state index in [4.69, 9.17) is 22.3 Å². The molecule has 2 unspecified atom stereocenters. The predicted octanol–water partition coefficient (Wildman–Crippen LogP) is -2.59. The molecule has 108 valence electrons. The van der Waals surface area contributed by atoms with Gasteiger partial charge in [-0.15, -0.1) is 0 Å². The Kier molecular flexibility index (Phi) is 7.12. The van der Waals surface area contributed by atoms with Crippen LogP contribution in [-0.4, -0.2) is 40.9 Å². The summed E-state index contributed by atoms with van der Waals surface area (Å²) in [5, 5.41) is 10.7. The lowest BCUT2D eigenvalue weighted by atomic mass is 10.1. The second-order valence-corrected chi connectivity index (χ2v) is 4.01. The van der Waals surface area contributed by atoms with Crippen LogP contribution in [0.4, 0.5) is 0 Å². The Morgan fingerprint density at radius 1 is 1.05 bits per heavy atom. The van der Waals surface area contributed by atoms with Crippen molar-refractivity contribution in [3.05, 3.63) is 0 Å². The van der Waals surface area contributed by atoms with E-state index in [2.05, 4.69) is 5.32 Å². The van der Waals surface area contributed by atoms with Gasteiger partial charge in [0.25, 0.3) is 0 Å². The minimum absolute atomic E-state index is 0.0257. The quantitative estimate of drug-likeness (QED) is 0.308. The number of rotatable bonds is 9. The van der Waals surface area contributed by atoms with Crippen LogP contribution in [0.3, 0.4) is 0 Å². The van der Waals surface area contributed by atoms with Gasteiger partial charge in [-0.2, -0.15) is 0 Å². The van der Waals surface area contributed by atoms with Crippen LogP contribution in [0.2, 0.25) is 0 Å². The van der Waals surface area contributed by atoms with E-state index in [1.165, 1.54) is 0 Å². The van der Waals surface area contributed by atoms with E-state index in [0.29, 0.717) is 0 Å². The normalized spacial score (nSPS) is 13.3. The average molecular weight is 274 g/mol. The second-order valence-electron chi connectivity index (χ2n) is 4.01. The van der Waals surface area contributed by atoms with Gasteiger partial charge < -0.3 is 27.6 Å². The summed E-state index contributed by atoms with van der Waals surface area (Å²) in [4.78, 5) is 43.5. The van der Waals surface area contributed by atoms with Gasteiger partial charge in [0.05, 0.1) is 6.04 Å². The number of hydrogen-bond donors (Lipinski definition) is 5. The van der Waals surface area contributed by atoms with Gasteiger partial charge in [0.2, 0.25) is 17.7 Å². The largest absolute Gasteiger partial charge is 0.481 e. The molecule has 0 radical (unpaired) electrons. The molecule has 0 aromatic heterocycles. The first kappa shape index (κ1) is 16.8. The summed E-state index contributed by atoms with van der Waals surface area (Å²) in [6.45, 7) is 0. The molecule has 0 bridgehead atoms. The molecule has 8 N–H and O–H groups in total. The number of hydrogen-bond acceptors (Lipinski definition) is 5. The molecule has 3 amide bonds. The first-order valence-corrected chi connectivity index (χ1v) is 5.59. The third-order valence-electron chi connectivity index (χ3n) is 2.35. The molecule has 9 heteroatoms. The van der Waals surface area contributed by atoms with Crippen molar-refractivity contribution in [2.24, 2.45) is 17.2 Å². The number of carboxylic acid groups (broad SMARTS) is 1. The molecule has 0 fully saturated rings. The molecular formula is C10H18N4O5. The van der Waals surface area contributed by atoms with Crippen molar-refractivity contribution in [3.8, 4) is 0 Å². The summed E-state index contributed by atoms with van der Waals surface area (Å²) in [6.07, 6.45) is -0.472. The Labute approximate surface area is 109 Å². The van der Waals surface area contributed by atoms with Gasteiger partial charge in [-0.05, 0) is 12.8 Å². The summed E-state index contributed by atoms with van der Waals surface area (Å²) < 4.78 is 0. The molecule has 0 heterocycles. The smallest absolute Gasteiger partial charge is 0.303 e. The van der Waals surface area contributed by atoms with Crippen molar-refractivity contribution in [3.63, 3.8) is 0 Å². The molecule has 0 saturated carbocycles. The fourth-order valence-corrected chi connectivity index (χ4v) is 1.26. The van der Waals surface area contributed by atoms with Gasteiger partial charge >= 0.3 is 5.97 Å². The number of nitrogens with one attached hydrogen (secondary N) is 1. The Balaban J connectivity index is 4.33. The lowest BCUT2D eigenvalue weighted by molar-refractivity contribution is -0.137. The summed E-state index contributed by atoms with van der Waals surface area (Å²) in [7, 11) is 0. The van der Waals surface area contributed by atoms with Crippen molar-refractivity contribution in [1.82, 2.24) is 5.32 Å². The number of amides is 3. The molecule has 0 aliphatic heterocycles. The Hall–Kier alpha value is -2.16. The molecule has 0 aromatic rings. The lowest BCUT2D eigenvalue weighted by Gasteiger charge is -2.17. The maximum Gasteiger partial charge on any atom is 0.303 e. The Morgan fingerprint density at radius 2 is 1.63 bits per heavy atom. The maximum atomic E-state index is 11.6. The van der Waals surface area contributed by atoms with Crippen molar-refractivity contribution < 1.29 is 24.3 Å². The van der Waals surface area contributed by atoms with E-state index in [-0.39, 0.29) is 25.7 Å². The molecule has 0 spiro atoms. The highest BCUT2D eigenvalue weighted by Gasteiger charge is 2.22. The van der Waals surface area contributed by atoms with Crippen LogP contribution in [-0.2, 0) is 19.2 Å². The molecule has 0 saturated heterocycles. The van der Waals surface area contributed by atoms with Gasteiger partial charge in [-0.1, -0.05) is 0 Å². The van der Waals surface area contributed by atoms with Crippen LogP contribution >= 0.6 is 0 Å². The first-order chi connectivity index (χ1) is 8.73. The van der Waals surface area contributed by atoms with E-state index in [1.54, 1.807) is 0 Å². The van der Waals surface area contributed by atoms with Crippen LogP contribution in [0.25, 0.3) is 0 Å². The number of nitrogens with two attached hydrogens (primary N) is 3. The molecule has 0 aliphatic carbocycles. The summed E-state index contributed by atoms with van der Waals surface area (Å²) in [5.41, 5.74) is 15.4. The van der Waals surface area contributed by atoms with E-state index >= 15 is 0 Å². The van der Waals surface area contributed by atoms with Crippen LogP contribution in [0, 0.1) is 0 Å². The van der Waals surface area contributed by atoms with Crippen molar-refractivity contribution >= 4 is 23.7 Å². The third-order valence-corrected chi connectivity index (χ3v) is 2.35. The van der Waals surface area contributed by atoms with E-state index in [1.807, 2.05) is 0 Å². The first-order valence-electron chi connectivity index (χ1n) is 5.59. The monoisotopic (exact) mass is 274 g/mol. The van der Waals surface area contributed by atoms with Crippen molar-refractivity contribution in [2.45, 2.75) is 37.8 Å². The number of carbonyl (C=O) groups excluding carboxylic acids is 3. The zero-order valence-electron chi connectivity index (χ0n) is 10.3. The van der Waals surface area contributed by atoms with Gasteiger partial charge in [-0.25, -0.2) is 0 Å². The Bertz CT molecular complexity index is 371. The number of carboxylic acids is 1. The number of carbonyl (C=O) groups is 4. The highest BCUT2D eigenvalue weighted by atomic mass is 16.4. The summed E-state index contributed by atoms with van der Waals surface area (Å²) >= 11 is 0. The SMILES string of the molecule is NC(=O)CCC(NC(=O)C(N)CCC(=O)O)C(N)=O. The molecule has 0 rings (SSSR count). The van der Waals surface area contributed by atoms with Crippen molar-refractivity contribution in [2.75, 3.05) is 0 Å². The third kappa shape index (κ3) is 7.71. The number of aliphatic carboxylic acids is 1. The molecular weight excluding hydrogens is 256 g/mol.